The van der Waals surface area contributed by atoms with Gasteiger partial charge in [0.15, 0.2) is 15.8 Å². The highest BCUT2D eigenvalue weighted by molar-refractivity contribution is 7.90. The molecular formula is C20H32N6O2S. The summed E-state index contributed by atoms with van der Waals surface area (Å²) in [5, 5.41) is 10.9. The van der Waals surface area contributed by atoms with E-state index < -0.39 is 9.84 Å². The summed E-state index contributed by atoms with van der Waals surface area (Å²) in [6.45, 7) is 5.71. The van der Waals surface area contributed by atoms with Crippen molar-refractivity contribution in [1.82, 2.24) is 25.3 Å². The normalized spacial score (nSPS) is 13.6. The molecule has 1 atom stereocenters. The van der Waals surface area contributed by atoms with Gasteiger partial charge < -0.3 is 15.5 Å². The minimum atomic E-state index is -3.21. The van der Waals surface area contributed by atoms with Crippen LogP contribution in [0, 0.1) is 6.92 Å². The first-order valence-electron chi connectivity index (χ1n) is 9.58. The molecule has 0 aliphatic carbocycles. The van der Waals surface area contributed by atoms with Crippen molar-refractivity contribution in [2.24, 2.45) is 12.0 Å². The summed E-state index contributed by atoms with van der Waals surface area (Å²) in [5.74, 6) is 0.716. The number of hydrogen-bond acceptors (Lipinski definition) is 5. The van der Waals surface area contributed by atoms with Gasteiger partial charge in [-0.1, -0.05) is 12.1 Å². The lowest BCUT2D eigenvalue weighted by Crippen LogP contribution is -2.41. The van der Waals surface area contributed by atoms with Crippen LogP contribution in [0.15, 0.2) is 40.5 Å². The van der Waals surface area contributed by atoms with Crippen LogP contribution >= 0.6 is 0 Å². The Hall–Kier alpha value is -2.39. The van der Waals surface area contributed by atoms with Crippen molar-refractivity contribution in [1.29, 1.82) is 0 Å². The van der Waals surface area contributed by atoms with Crippen LogP contribution in [0.5, 0.6) is 0 Å². The quantitative estimate of drug-likeness (QED) is 0.497. The number of aryl methyl sites for hydroxylation is 2. The van der Waals surface area contributed by atoms with Gasteiger partial charge in [-0.25, -0.2) is 13.4 Å². The van der Waals surface area contributed by atoms with Crippen LogP contribution in [0.4, 0.5) is 0 Å². The van der Waals surface area contributed by atoms with Crippen molar-refractivity contribution < 1.29 is 8.42 Å². The standard InChI is InChI=1S/C20H32N6O2S/c1-7-21-20(23-13-18(25(3)4)17-12-24-26(5)14-17)22-11-16-8-9-19(15(2)10-16)29(6,27)28/h8-10,12,14,18H,7,11,13H2,1-6H3,(H2,21,22,23). The molecule has 29 heavy (non-hydrogen) atoms. The Labute approximate surface area is 173 Å². The molecule has 1 aromatic carbocycles. The highest BCUT2D eigenvalue weighted by Crippen LogP contribution is 2.18. The molecule has 2 aromatic rings. The van der Waals surface area contributed by atoms with Crippen LogP contribution < -0.4 is 10.6 Å². The summed E-state index contributed by atoms with van der Waals surface area (Å²) in [4.78, 5) is 7.15. The van der Waals surface area contributed by atoms with E-state index in [1.54, 1.807) is 10.7 Å². The maximum atomic E-state index is 11.8. The summed E-state index contributed by atoms with van der Waals surface area (Å²) < 4.78 is 25.4. The fourth-order valence-corrected chi connectivity index (χ4v) is 4.10. The number of rotatable bonds is 8. The van der Waals surface area contributed by atoms with Gasteiger partial charge in [-0.2, -0.15) is 5.10 Å². The topological polar surface area (TPSA) is 91.6 Å². The molecule has 2 N–H and O–H groups in total. The maximum absolute atomic E-state index is 11.8. The van der Waals surface area contributed by atoms with Crippen LogP contribution in [0.2, 0.25) is 0 Å². The predicted octanol–water partition coefficient (Wildman–Crippen LogP) is 1.49. The molecule has 9 heteroatoms. The molecule has 0 spiro atoms. The lowest BCUT2D eigenvalue weighted by Gasteiger charge is -2.24. The number of sulfone groups is 1. The third kappa shape index (κ3) is 6.57. The zero-order valence-corrected chi connectivity index (χ0v) is 18.9. The second-order valence-corrected chi connectivity index (χ2v) is 9.36. The van der Waals surface area contributed by atoms with Crippen molar-refractivity contribution >= 4 is 15.8 Å². The first-order chi connectivity index (χ1) is 13.6. The number of nitrogens with zero attached hydrogens (tertiary/aromatic N) is 4. The third-order valence-corrected chi connectivity index (χ3v) is 5.86. The Balaban J connectivity index is 2.10. The second-order valence-electron chi connectivity index (χ2n) is 7.37. The molecule has 8 nitrogen and oxygen atoms in total. The monoisotopic (exact) mass is 420 g/mol. The zero-order chi connectivity index (χ0) is 21.6. The molecule has 0 aliphatic heterocycles. The van der Waals surface area contributed by atoms with Gasteiger partial charge >= 0.3 is 0 Å². The van der Waals surface area contributed by atoms with E-state index in [4.69, 9.17) is 0 Å². The average Bonchev–Trinajstić information content (AvgIpc) is 3.04. The molecule has 0 saturated heterocycles. The first kappa shape index (κ1) is 22.9. The zero-order valence-electron chi connectivity index (χ0n) is 18.1. The van der Waals surface area contributed by atoms with Crippen molar-refractivity contribution in [2.45, 2.75) is 31.3 Å². The van der Waals surface area contributed by atoms with E-state index >= 15 is 0 Å². The molecule has 1 heterocycles. The van der Waals surface area contributed by atoms with Gasteiger partial charge in [0.05, 0.1) is 23.7 Å². The largest absolute Gasteiger partial charge is 0.357 e. The molecule has 0 fully saturated rings. The molecule has 160 valence electrons. The number of aliphatic imine (C=N–C) groups is 1. The Morgan fingerprint density at radius 3 is 2.55 bits per heavy atom. The van der Waals surface area contributed by atoms with Crippen molar-refractivity contribution in [2.75, 3.05) is 33.4 Å². The maximum Gasteiger partial charge on any atom is 0.191 e. The van der Waals surface area contributed by atoms with Gasteiger partial charge in [0.25, 0.3) is 0 Å². The summed E-state index contributed by atoms with van der Waals surface area (Å²) in [7, 11) is 2.77. The van der Waals surface area contributed by atoms with Gasteiger partial charge in [-0.15, -0.1) is 0 Å². The lowest BCUT2D eigenvalue weighted by atomic mass is 10.1. The molecule has 1 unspecified atom stereocenters. The van der Waals surface area contributed by atoms with Gasteiger partial charge in [0, 0.05) is 38.2 Å². The van der Waals surface area contributed by atoms with Crippen LogP contribution in [0.25, 0.3) is 0 Å². The molecule has 0 amide bonds. The van der Waals surface area contributed by atoms with Gasteiger partial charge in [-0.3, -0.25) is 4.68 Å². The molecule has 0 saturated carbocycles. The number of benzene rings is 1. The van der Waals surface area contributed by atoms with Crippen LogP contribution in [0.1, 0.15) is 29.7 Å². The molecule has 0 aliphatic rings. The smallest absolute Gasteiger partial charge is 0.191 e. The summed E-state index contributed by atoms with van der Waals surface area (Å²) in [6.07, 6.45) is 5.12. The van der Waals surface area contributed by atoms with Crippen molar-refractivity contribution in [3.05, 3.63) is 47.3 Å². The summed E-state index contributed by atoms with van der Waals surface area (Å²) in [6, 6.07) is 5.50. The van der Waals surface area contributed by atoms with Gasteiger partial charge in [0.1, 0.15) is 0 Å². The van der Waals surface area contributed by atoms with E-state index in [0.29, 0.717) is 23.9 Å². The number of guanidine groups is 1. The molecule has 2 rings (SSSR count). The first-order valence-corrected chi connectivity index (χ1v) is 11.5. The van der Waals surface area contributed by atoms with E-state index in [9.17, 15) is 8.42 Å². The summed E-state index contributed by atoms with van der Waals surface area (Å²) >= 11 is 0. The number of hydrogen-bond donors (Lipinski definition) is 2. The Bertz CT molecular complexity index is 950. The highest BCUT2D eigenvalue weighted by atomic mass is 32.2. The van der Waals surface area contributed by atoms with Gasteiger partial charge in [-0.05, 0) is 45.1 Å². The minimum Gasteiger partial charge on any atom is -0.357 e. The Kier molecular flexibility index (Phi) is 7.80. The third-order valence-electron chi connectivity index (χ3n) is 4.60. The fourth-order valence-electron chi connectivity index (χ4n) is 3.14. The Morgan fingerprint density at radius 1 is 1.31 bits per heavy atom. The number of likely N-dealkylation sites (N-methyl/N-ethyl adjacent to an activating group) is 1. The lowest BCUT2D eigenvalue weighted by molar-refractivity contribution is 0.298. The number of nitrogens with one attached hydrogen (secondary N) is 2. The predicted molar refractivity (Wildman–Crippen MR) is 117 cm³/mol. The van der Waals surface area contributed by atoms with Crippen LogP contribution in [-0.4, -0.2) is 62.5 Å². The molecular weight excluding hydrogens is 388 g/mol. The van der Waals surface area contributed by atoms with E-state index in [1.165, 1.54) is 6.26 Å². The Morgan fingerprint density at radius 2 is 2.03 bits per heavy atom. The second kappa shape index (κ2) is 9.89. The molecule has 0 bridgehead atoms. The molecule has 1 aromatic heterocycles. The SMILES string of the molecule is CCNC(=NCc1ccc(S(C)(=O)=O)c(C)c1)NCC(c1cnn(C)c1)N(C)C. The molecule has 0 radical (unpaired) electrons. The van der Waals surface area contributed by atoms with Crippen LogP contribution in [0.3, 0.4) is 0 Å². The average molecular weight is 421 g/mol. The summed E-state index contributed by atoms with van der Waals surface area (Å²) in [5.41, 5.74) is 2.83. The van der Waals surface area contributed by atoms with E-state index in [1.807, 2.05) is 59.5 Å². The van der Waals surface area contributed by atoms with E-state index in [2.05, 4.69) is 25.6 Å². The van der Waals surface area contributed by atoms with Crippen molar-refractivity contribution in [3.63, 3.8) is 0 Å². The van der Waals surface area contributed by atoms with Crippen LogP contribution in [-0.2, 0) is 23.4 Å². The van der Waals surface area contributed by atoms with Crippen molar-refractivity contribution in [3.8, 4) is 0 Å². The minimum absolute atomic E-state index is 0.156. The van der Waals surface area contributed by atoms with E-state index in [-0.39, 0.29) is 6.04 Å². The van der Waals surface area contributed by atoms with Gasteiger partial charge in [0.2, 0.25) is 0 Å². The van der Waals surface area contributed by atoms with E-state index in [0.717, 1.165) is 23.2 Å². The number of aromatic nitrogens is 2. The fraction of sp³-hybridized carbons (Fsp3) is 0.500. The highest BCUT2D eigenvalue weighted by Gasteiger charge is 2.16.